The van der Waals surface area contributed by atoms with Gasteiger partial charge in [0.2, 0.25) is 0 Å². The number of aromatic nitrogens is 8. The van der Waals surface area contributed by atoms with Crippen LogP contribution < -0.4 is 21.9 Å². The number of benzene rings is 3. The Kier molecular flexibility index (Phi) is 55.4. The van der Waals surface area contributed by atoms with E-state index in [9.17, 15) is 23.1 Å². The lowest BCUT2D eigenvalue weighted by molar-refractivity contribution is 0.101. The van der Waals surface area contributed by atoms with Crippen LogP contribution in [0.2, 0.25) is 55.9 Å². The van der Waals surface area contributed by atoms with Gasteiger partial charge in [-0.05, 0) is 143 Å². The van der Waals surface area contributed by atoms with Crippen molar-refractivity contribution < 1.29 is 27.8 Å². The summed E-state index contributed by atoms with van der Waals surface area (Å²) in [5, 5.41) is 39.1. The van der Waals surface area contributed by atoms with Crippen LogP contribution in [0, 0.1) is 78.7 Å². The molecule has 2 unspecified atom stereocenters. The molecule has 86 heavy (non-hydrogen) atoms. The van der Waals surface area contributed by atoms with E-state index in [1.807, 2.05) is 13.8 Å². The molecule has 7 rings (SSSR count). The molecule has 0 aliphatic rings. The van der Waals surface area contributed by atoms with Crippen LogP contribution in [-0.4, -0.2) is 51.7 Å². The van der Waals surface area contributed by atoms with Crippen LogP contribution in [0.4, 0.5) is 30.6 Å². The molecule has 2 atom stereocenters. The van der Waals surface area contributed by atoms with Crippen molar-refractivity contribution in [1.29, 1.82) is 0 Å². The molecule has 0 aliphatic heterocycles. The second-order valence-electron chi connectivity index (χ2n) is 13.8. The van der Waals surface area contributed by atoms with Crippen molar-refractivity contribution in [3.8, 4) is 67.0 Å². The van der Waals surface area contributed by atoms with Gasteiger partial charge in [-0.15, -0.1) is 84.2 Å². The van der Waals surface area contributed by atoms with Crippen molar-refractivity contribution in [2.45, 2.75) is 83.0 Å². The van der Waals surface area contributed by atoms with Gasteiger partial charge in [-0.25, -0.2) is 13.2 Å². The van der Waals surface area contributed by atoms with Crippen LogP contribution in [0.25, 0.3) is 0 Å². The van der Waals surface area contributed by atoms with Crippen LogP contribution >= 0.6 is 144 Å². The van der Waals surface area contributed by atoms with Crippen LogP contribution in [0.1, 0.15) is 104 Å². The Morgan fingerprint density at radius 2 is 0.930 bits per heavy atom. The Hall–Kier alpha value is -5.93. The van der Waals surface area contributed by atoms with Crippen LogP contribution in [0.15, 0.2) is 77.3 Å². The van der Waals surface area contributed by atoms with Crippen molar-refractivity contribution in [3.05, 3.63) is 167 Å². The number of terminal acetylenes is 3. The molecule has 7 N–H and O–H groups in total. The number of nitrogens with zero attached hydrogens (tertiary/aromatic N) is 8. The van der Waals surface area contributed by atoms with Gasteiger partial charge in [-0.2, -0.15) is 0 Å². The van der Waals surface area contributed by atoms with Gasteiger partial charge in [0.05, 0.1) is 36.2 Å². The zero-order valence-electron chi connectivity index (χ0n) is 44.1. The van der Waals surface area contributed by atoms with E-state index in [0.29, 0.717) is 42.3 Å². The average Bonchev–Trinajstić information content (AvgIpc) is 3.59. The molecular weight excluding hydrogens is 1410 g/mol. The number of anilines is 3. The summed E-state index contributed by atoms with van der Waals surface area (Å²) < 4.78 is 45.3. The Balaban J connectivity index is -0.000000217. The molecule has 7 aromatic rings. The first-order valence-electron chi connectivity index (χ1n) is 21.8. The maximum absolute atomic E-state index is 13.5. The van der Waals surface area contributed by atoms with E-state index in [1.165, 1.54) is 44.2 Å². The van der Waals surface area contributed by atoms with E-state index >= 15 is 0 Å². The Bertz CT molecular complexity index is 3290. The lowest BCUT2D eigenvalue weighted by Crippen LogP contribution is -2.08. The largest absolute Gasteiger partial charge is 0.482 e. The lowest BCUT2D eigenvalue weighted by Gasteiger charge is -2.18. The third-order valence-corrected chi connectivity index (χ3v) is 11.6. The van der Waals surface area contributed by atoms with E-state index in [4.69, 9.17) is 156 Å². The van der Waals surface area contributed by atoms with Crippen molar-refractivity contribution in [1.82, 2.24) is 40.8 Å². The third kappa shape index (κ3) is 38.3. The molecule has 0 fully saturated rings. The van der Waals surface area contributed by atoms with Crippen LogP contribution in [0.3, 0.4) is 0 Å². The Morgan fingerprint density at radius 1 is 0.558 bits per heavy atom. The fourth-order valence-corrected chi connectivity index (χ4v) is 7.47. The minimum Gasteiger partial charge on any atom is -0.482 e. The fourth-order valence-electron chi connectivity index (χ4n) is 4.45. The quantitative estimate of drug-likeness (QED) is 0.0714. The molecular formula is C57H58BrCl11F3N11O3. The zero-order valence-corrected chi connectivity index (χ0v) is 54.0. The molecule has 14 nitrogen and oxygen atoms in total. The Morgan fingerprint density at radius 3 is 1.24 bits per heavy atom. The molecule has 0 amide bonds. The summed E-state index contributed by atoms with van der Waals surface area (Å²) in [6, 6.07) is 16.9. The predicted octanol–water partition coefficient (Wildman–Crippen LogP) is 19.3. The number of rotatable bonds is 5. The smallest absolute Gasteiger partial charge is 0.188 e. The van der Waals surface area contributed by atoms with E-state index in [0.717, 1.165) is 12.1 Å². The summed E-state index contributed by atoms with van der Waals surface area (Å²) in [6.45, 7) is 11.4. The summed E-state index contributed by atoms with van der Waals surface area (Å²) in [6.07, 6.45) is 15.8. The fraction of sp³-hybridized carbons (Fsp3) is 0.211. The first-order chi connectivity index (χ1) is 39.0. The molecule has 3 aromatic carbocycles. The normalized spacial score (nSPS) is 9.24. The highest BCUT2D eigenvalue weighted by molar-refractivity contribution is 9.10. The molecule has 29 heteroatoms. The molecule has 0 radical (unpaired) electrons. The van der Waals surface area contributed by atoms with E-state index in [2.05, 4.69) is 112 Å². The minimum absolute atomic E-state index is 0. The first kappa shape index (κ1) is 91.2. The monoisotopic (exact) mass is 1470 g/mol. The number of aliphatic hydroxyl groups is 1. The number of halogens is 15. The van der Waals surface area contributed by atoms with Crippen molar-refractivity contribution in [3.63, 3.8) is 0 Å². The van der Waals surface area contributed by atoms with Crippen LogP contribution in [0.5, 0.6) is 5.75 Å². The Labute approximate surface area is 565 Å². The second-order valence-corrected chi connectivity index (χ2v) is 19.0. The number of aliphatic hydroxyl groups excluding tert-OH is 1. The molecule has 0 saturated carbocycles. The SMILES string of the molecule is C.C.C.C#C.C#CC.C#CC#CC.CC#CC.CC(=O)c1c(Cl)ccc(F)c1Cl.CC(O)c1c(Cl)ccc(F)c1Cl.CC(Oc1cc(Cl)nnc1N)c1c(Cl)ccc(F)c1Cl.Clc1ccc(Cl)nn1.Nc1ccc(Cl)nn1.Nc1nnc(Cl)cc1Br. The number of hydrogen-bond donors (Lipinski definition) is 4. The third-order valence-electron chi connectivity index (χ3n) is 7.88. The highest BCUT2D eigenvalue weighted by Crippen LogP contribution is 2.36. The van der Waals surface area contributed by atoms with Crippen molar-refractivity contribution in [2.24, 2.45) is 0 Å². The number of nitrogen functional groups attached to an aromatic ring is 3. The van der Waals surface area contributed by atoms with Crippen molar-refractivity contribution in [2.75, 3.05) is 17.2 Å². The van der Waals surface area contributed by atoms with Crippen molar-refractivity contribution >= 4 is 167 Å². The van der Waals surface area contributed by atoms with E-state index < -0.39 is 29.7 Å². The lowest BCUT2D eigenvalue weighted by atomic mass is 10.1. The molecule has 0 saturated heterocycles. The summed E-state index contributed by atoms with van der Waals surface area (Å²) in [7, 11) is 0. The molecule has 4 aromatic heterocycles. The summed E-state index contributed by atoms with van der Waals surface area (Å²) in [5.74, 6) is 13.6. The molecule has 0 spiro atoms. The van der Waals surface area contributed by atoms with Gasteiger partial charge in [0.15, 0.2) is 48.9 Å². The average molecular weight is 1470 g/mol. The number of Topliss-reactive ketones (excluding diaryl/α,β-unsaturated/α-hetero) is 1. The summed E-state index contributed by atoms with van der Waals surface area (Å²) in [5.41, 5.74) is 16.7. The number of nitrogens with two attached hydrogens (primary N) is 3. The maximum Gasteiger partial charge on any atom is 0.188 e. The van der Waals surface area contributed by atoms with Gasteiger partial charge < -0.3 is 27.0 Å². The number of hydrogen-bond acceptors (Lipinski definition) is 14. The van der Waals surface area contributed by atoms with E-state index in [-0.39, 0.29) is 86.0 Å². The molecule has 0 bridgehead atoms. The first-order valence-corrected chi connectivity index (χ1v) is 26.7. The van der Waals surface area contributed by atoms with E-state index in [1.54, 1.807) is 51.1 Å². The summed E-state index contributed by atoms with van der Waals surface area (Å²) in [4.78, 5) is 10.9. The zero-order chi connectivity index (χ0) is 64.5. The standard InChI is InChI=1S/C12H9Cl3FN3O.C8H7Cl2FO.C8H5Cl2FO.C5H4.C4H3BrClN3.C4H2Cl2N2.C4H4ClN3.C4H6.C3H4.C2H2.3CH4/c1-5(10-6(13)2-3-7(16)11(10)15)20-8-4-9(14)18-19-12(8)17;2*1-4(12)7-5(9)2-3-6(11)8(7)10;1-3-5-4-2;5-2-1-3(6)8-9-4(2)7;2*5-3-1-2-4(6)8-7-3;1-3-4-2;1-3-2;1-2;;;/h2-5H,1H3,(H2,17,19);2-4,12H,1H3;2-3H,1H3;1H,2H3;1H,(H2,7,9);1-2H;1-2H,(H2,6,8);1-2H3;1H,2H3;1-2H;3*1H4. The maximum atomic E-state index is 13.5. The highest BCUT2D eigenvalue weighted by Gasteiger charge is 2.20. The van der Waals surface area contributed by atoms with Gasteiger partial charge in [-0.3, -0.25) is 4.79 Å². The number of ether oxygens (including phenoxy) is 1. The van der Waals surface area contributed by atoms with Gasteiger partial charge in [0.1, 0.15) is 29.4 Å². The second kappa shape index (κ2) is 52.2. The highest BCUT2D eigenvalue weighted by atomic mass is 79.9. The topological polar surface area (TPSA) is 228 Å². The van der Waals surface area contributed by atoms with Gasteiger partial charge >= 0.3 is 0 Å². The molecule has 0 aliphatic carbocycles. The number of ketones is 1. The molecule has 4 heterocycles. The predicted molar refractivity (Wildman–Crippen MR) is 359 cm³/mol. The molecule has 464 valence electrons. The number of carbonyl (C=O) groups is 1. The van der Waals surface area contributed by atoms with Gasteiger partial charge in [0, 0.05) is 27.2 Å². The summed E-state index contributed by atoms with van der Waals surface area (Å²) >= 11 is 64.8. The van der Waals surface area contributed by atoms with Gasteiger partial charge in [-0.1, -0.05) is 156 Å². The number of carbonyl (C=O) groups excluding carboxylic acids is 1. The minimum atomic E-state index is -0.860. The van der Waals surface area contributed by atoms with Crippen LogP contribution in [-0.2, 0) is 0 Å². The van der Waals surface area contributed by atoms with Gasteiger partial charge in [0.25, 0.3) is 0 Å².